The van der Waals surface area contributed by atoms with Gasteiger partial charge in [-0.15, -0.1) is 0 Å². The van der Waals surface area contributed by atoms with E-state index in [-0.39, 0.29) is 48.3 Å². The summed E-state index contributed by atoms with van der Waals surface area (Å²) in [5, 5.41) is 2.37. The lowest BCUT2D eigenvalue weighted by atomic mass is 10.2. The van der Waals surface area contributed by atoms with Crippen molar-refractivity contribution in [2.45, 2.75) is 16.3 Å². The molecule has 31 heavy (non-hydrogen) atoms. The number of benzene rings is 1. The minimum absolute atomic E-state index is 0.116. The van der Waals surface area contributed by atoms with E-state index in [9.17, 15) is 26.4 Å². The average molecular weight is 472 g/mol. The molecule has 0 aliphatic carbocycles. The molecule has 0 unspecified atom stereocenters. The van der Waals surface area contributed by atoms with Gasteiger partial charge in [-0.25, -0.2) is 26.4 Å². The van der Waals surface area contributed by atoms with E-state index in [2.05, 4.69) is 10.3 Å². The number of nitrogens with zero attached hydrogens (tertiary/aromatic N) is 1. The Balaban J connectivity index is 1.70. The van der Waals surface area contributed by atoms with Gasteiger partial charge in [0.2, 0.25) is 10.0 Å². The summed E-state index contributed by atoms with van der Waals surface area (Å²) < 4.78 is 58.4. The van der Waals surface area contributed by atoms with Crippen LogP contribution in [0.3, 0.4) is 0 Å². The molecule has 12 nitrogen and oxygen atoms in total. The standard InChI is InChI=1S/C17H21N5O7S2/c18-17(24)20-10-12-1-3-13(4-2-12)30(25,26)21-16(23)15-9-14(11-19-15)31(27,28)22-5-7-29-8-6-22/h1-4,9,11,19H,5-8,10H2,(H,21,23)(H3,18,20,24). The van der Waals surface area contributed by atoms with Crippen molar-refractivity contribution in [3.8, 4) is 0 Å². The second kappa shape index (κ2) is 9.05. The zero-order valence-electron chi connectivity index (χ0n) is 16.2. The van der Waals surface area contributed by atoms with Crippen LogP contribution in [0.25, 0.3) is 0 Å². The van der Waals surface area contributed by atoms with Crippen molar-refractivity contribution < 1.29 is 31.2 Å². The minimum atomic E-state index is -4.21. The number of nitrogens with one attached hydrogen (secondary N) is 3. The topological polar surface area (TPSA) is 181 Å². The van der Waals surface area contributed by atoms with Crippen LogP contribution in [-0.4, -0.2) is 64.4 Å². The molecule has 0 atom stereocenters. The van der Waals surface area contributed by atoms with E-state index in [1.807, 2.05) is 4.72 Å². The number of sulfonamides is 2. The van der Waals surface area contributed by atoms with Crippen LogP contribution in [0.4, 0.5) is 4.79 Å². The fourth-order valence-corrected chi connectivity index (χ4v) is 5.17. The van der Waals surface area contributed by atoms with Gasteiger partial charge in [-0.3, -0.25) is 4.79 Å². The Morgan fingerprint density at radius 3 is 2.32 bits per heavy atom. The number of carbonyl (C=O) groups is 2. The van der Waals surface area contributed by atoms with Crippen molar-refractivity contribution in [2.75, 3.05) is 26.3 Å². The molecule has 2 heterocycles. The summed E-state index contributed by atoms with van der Waals surface area (Å²) >= 11 is 0. The normalized spacial score (nSPS) is 15.4. The second-order valence-corrected chi connectivity index (χ2v) is 10.2. The summed E-state index contributed by atoms with van der Waals surface area (Å²) in [5.41, 5.74) is 5.36. The second-order valence-electron chi connectivity index (χ2n) is 6.56. The van der Waals surface area contributed by atoms with Crippen LogP contribution in [0.15, 0.2) is 46.3 Å². The molecule has 14 heteroatoms. The van der Waals surface area contributed by atoms with E-state index in [4.69, 9.17) is 10.5 Å². The van der Waals surface area contributed by atoms with E-state index in [1.54, 1.807) is 0 Å². The molecule has 1 aliphatic heterocycles. The fraction of sp³-hybridized carbons (Fsp3) is 0.294. The van der Waals surface area contributed by atoms with E-state index in [0.29, 0.717) is 5.56 Å². The van der Waals surface area contributed by atoms with Gasteiger partial charge in [0, 0.05) is 25.8 Å². The number of urea groups is 1. The SMILES string of the molecule is NC(=O)NCc1ccc(S(=O)(=O)NC(=O)c2cc(S(=O)(=O)N3CCOCC3)c[nH]2)cc1. The molecule has 1 aromatic carbocycles. The van der Waals surface area contributed by atoms with E-state index in [0.717, 1.165) is 12.3 Å². The van der Waals surface area contributed by atoms with Crippen LogP contribution >= 0.6 is 0 Å². The smallest absolute Gasteiger partial charge is 0.312 e. The van der Waals surface area contributed by atoms with Crippen molar-refractivity contribution >= 4 is 32.0 Å². The van der Waals surface area contributed by atoms with Crippen LogP contribution in [0.2, 0.25) is 0 Å². The Morgan fingerprint density at radius 1 is 1.06 bits per heavy atom. The van der Waals surface area contributed by atoms with Crippen LogP contribution < -0.4 is 15.8 Å². The third kappa shape index (κ3) is 5.41. The predicted molar refractivity (Wildman–Crippen MR) is 108 cm³/mol. The molecule has 168 valence electrons. The number of amides is 3. The molecule has 1 aliphatic rings. The number of morpholine rings is 1. The van der Waals surface area contributed by atoms with Crippen LogP contribution in [0, 0.1) is 0 Å². The highest BCUT2D eigenvalue weighted by molar-refractivity contribution is 7.90. The van der Waals surface area contributed by atoms with Gasteiger partial charge in [0.25, 0.3) is 15.9 Å². The van der Waals surface area contributed by atoms with Crippen molar-refractivity contribution in [2.24, 2.45) is 5.73 Å². The largest absolute Gasteiger partial charge is 0.379 e. The Hall–Kier alpha value is -2.94. The summed E-state index contributed by atoms with van der Waals surface area (Å²) in [7, 11) is -8.04. The molecule has 2 aromatic rings. The number of carbonyl (C=O) groups excluding carboxylic acids is 2. The van der Waals surface area contributed by atoms with Gasteiger partial charge in [-0.1, -0.05) is 12.1 Å². The van der Waals surface area contributed by atoms with Gasteiger partial charge >= 0.3 is 6.03 Å². The minimum Gasteiger partial charge on any atom is -0.379 e. The first kappa shape index (κ1) is 22.7. The fourth-order valence-electron chi connectivity index (χ4n) is 2.80. The molecule has 3 amide bonds. The highest BCUT2D eigenvalue weighted by Gasteiger charge is 2.28. The molecular formula is C17H21N5O7S2. The maximum absolute atomic E-state index is 12.6. The molecule has 0 radical (unpaired) electrons. The molecule has 3 rings (SSSR count). The van der Waals surface area contributed by atoms with Crippen molar-refractivity contribution in [1.82, 2.24) is 19.3 Å². The summed E-state index contributed by atoms with van der Waals surface area (Å²) in [6.45, 7) is 1.03. The molecule has 0 spiro atoms. The lowest BCUT2D eigenvalue weighted by Crippen LogP contribution is -2.40. The number of hydrogen-bond acceptors (Lipinski definition) is 7. The third-order valence-electron chi connectivity index (χ3n) is 4.44. The zero-order valence-corrected chi connectivity index (χ0v) is 17.8. The third-order valence-corrected chi connectivity index (χ3v) is 7.66. The highest BCUT2D eigenvalue weighted by Crippen LogP contribution is 2.18. The first-order chi connectivity index (χ1) is 14.6. The number of hydrogen-bond donors (Lipinski definition) is 4. The lowest BCUT2D eigenvalue weighted by Gasteiger charge is -2.25. The maximum Gasteiger partial charge on any atom is 0.312 e. The van der Waals surface area contributed by atoms with Gasteiger partial charge < -0.3 is 20.8 Å². The van der Waals surface area contributed by atoms with E-state index in [1.165, 1.54) is 28.6 Å². The van der Waals surface area contributed by atoms with Crippen molar-refractivity contribution in [1.29, 1.82) is 0 Å². The number of ether oxygens (including phenoxy) is 1. The van der Waals surface area contributed by atoms with Crippen LogP contribution in [-0.2, 0) is 31.3 Å². The van der Waals surface area contributed by atoms with Gasteiger partial charge in [0.05, 0.1) is 18.1 Å². The van der Waals surface area contributed by atoms with Gasteiger partial charge in [0.1, 0.15) is 10.6 Å². The number of aromatic amines is 1. The molecule has 0 bridgehead atoms. The zero-order chi connectivity index (χ0) is 22.6. The number of rotatable bonds is 7. The Kier molecular flexibility index (Phi) is 6.64. The molecule has 1 fully saturated rings. The number of H-pyrrole nitrogens is 1. The van der Waals surface area contributed by atoms with E-state index >= 15 is 0 Å². The van der Waals surface area contributed by atoms with Gasteiger partial charge in [-0.2, -0.15) is 4.31 Å². The lowest BCUT2D eigenvalue weighted by molar-refractivity contribution is 0.0730. The quantitative estimate of drug-likeness (QED) is 0.413. The Morgan fingerprint density at radius 2 is 1.71 bits per heavy atom. The molecule has 5 N–H and O–H groups in total. The van der Waals surface area contributed by atoms with Crippen molar-refractivity contribution in [3.05, 3.63) is 47.8 Å². The van der Waals surface area contributed by atoms with Crippen LogP contribution in [0.5, 0.6) is 0 Å². The Bertz CT molecular complexity index is 1170. The number of aromatic nitrogens is 1. The van der Waals surface area contributed by atoms with Gasteiger partial charge in [0.15, 0.2) is 0 Å². The first-order valence-corrected chi connectivity index (χ1v) is 12.0. The van der Waals surface area contributed by atoms with Crippen LogP contribution in [0.1, 0.15) is 16.1 Å². The average Bonchev–Trinajstić information content (AvgIpc) is 3.24. The number of primary amides is 1. The van der Waals surface area contributed by atoms with Gasteiger partial charge in [-0.05, 0) is 23.8 Å². The highest BCUT2D eigenvalue weighted by atomic mass is 32.2. The van der Waals surface area contributed by atoms with E-state index < -0.39 is 32.0 Å². The predicted octanol–water partition coefficient (Wildman–Crippen LogP) is -0.677. The maximum atomic E-state index is 12.6. The number of nitrogens with two attached hydrogens (primary N) is 1. The van der Waals surface area contributed by atoms with Crippen molar-refractivity contribution in [3.63, 3.8) is 0 Å². The molecular weight excluding hydrogens is 450 g/mol. The Labute approximate surface area is 178 Å². The summed E-state index contributed by atoms with van der Waals surface area (Å²) in [6, 6.07) is 5.79. The summed E-state index contributed by atoms with van der Waals surface area (Å²) in [5.74, 6) is -1.01. The first-order valence-electron chi connectivity index (χ1n) is 9.05. The molecule has 1 saturated heterocycles. The molecule has 1 aromatic heterocycles. The summed E-state index contributed by atoms with van der Waals surface area (Å²) in [4.78, 5) is 25.3. The molecule has 0 saturated carbocycles. The monoisotopic (exact) mass is 471 g/mol. The summed E-state index contributed by atoms with van der Waals surface area (Å²) in [6.07, 6.45) is 1.13.